The van der Waals surface area contributed by atoms with E-state index >= 15 is 0 Å². The van der Waals surface area contributed by atoms with Crippen LogP contribution in [0.1, 0.15) is 44.5 Å². The van der Waals surface area contributed by atoms with E-state index in [9.17, 15) is 0 Å². The summed E-state index contributed by atoms with van der Waals surface area (Å²) < 4.78 is 0. The number of nitrogens with one attached hydrogen (secondary N) is 1. The molecule has 2 unspecified atom stereocenters. The molecule has 0 amide bonds. The van der Waals surface area contributed by atoms with E-state index in [0.29, 0.717) is 12.1 Å². The first kappa shape index (κ1) is 12.5. The molecule has 0 spiro atoms. The summed E-state index contributed by atoms with van der Waals surface area (Å²) in [7, 11) is 0. The third-order valence-electron chi connectivity index (χ3n) is 3.58. The molecule has 1 N–H and O–H groups in total. The molecule has 0 aliphatic carbocycles. The Kier molecular flexibility index (Phi) is 4.13. The number of hydrogen-bond donors (Lipinski definition) is 1. The maximum atomic E-state index is 4.52. The average Bonchev–Trinajstić information content (AvgIpc) is 2.28. The number of aryl methyl sites for hydroxylation is 1. The van der Waals surface area contributed by atoms with Crippen molar-refractivity contribution in [3.8, 4) is 0 Å². The summed E-state index contributed by atoms with van der Waals surface area (Å²) in [5.41, 5.74) is 5.74. The third-order valence-corrected chi connectivity index (χ3v) is 3.58. The monoisotopic (exact) mass is 233 g/mol. The van der Waals surface area contributed by atoms with Gasteiger partial charge in [-0.05, 0) is 45.7 Å². The van der Waals surface area contributed by atoms with Crippen molar-refractivity contribution >= 4 is 0 Å². The fourth-order valence-corrected chi connectivity index (χ4v) is 2.60. The second kappa shape index (κ2) is 5.61. The Hall–Kier alpha value is -0.930. The van der Waals surface area contributed by atoms with Crippen LogP contribution in [0.2, 0.25) is 0 Å². The number of rotatable bonds is 3. The Bertz CT molecular complexity index is 354. The van der Waals surface area contributed by atoms with Crippen LogP contribution in [0.5, 0.6) is 0 Å². The Balaban J connectivity index is 1.92. The van der Waals surface area contributed by atoms with Crippen LogP contribution in [-0.4, -0.2) is 22.1 Å². The molecule has 0 aromatic carbocycles. The largest absolute Gasteiger partial charge is 0.257 e. The molecule has 0 saturated carbocycles. The molecule has 3 heteroatoms. The molecular formula is C14H23N3. The normalized spacial score (nSPS) is 26.1. The predicted octanol–water partition coefficient (Wildman–Crippen LogP) is 2.66. The van der Waals surface area contributed by atoms with Crippen molar-refractivity contribution in [1.29, 1.82) is 0 Å². The lowest BCUT2D eigenvalue weighted by molar-refractivity contribution is 0.0431. The summed E-state index contributed by atoms with van der Waals surface area (Å²) in [6.45, 7) is 7.46. The lowest BCUT2D eigenvalue weighted by Gasteiger charge is -2.39. The van der Waals surface area contributed by atoms with Gasteiger partial charge in [-0.3, -0.25) is 4.98 Å². The van der Waals surface area contributed by atoms with Crippen molar-refractivity contribution in [3.05, 3.63) is 29.6 Å². The van der Waals surface area contributed by atoms with Crippen molar-refractivity contribution in [3.63, 3.8) is 0 Å². The van der Waals surface area contributed by atoms with E-state index in [1.54, 1.807) is 0 Å². The van der Waals surface area contributed by atoms with Crippen LogP contribution in [0.4, 0.5) is 0 Å². The van der Waals surface area contributed by atoms with Gasteiger partial charge in [-0.15, -0.1) is 0 Å². The van der Waals surface area contributed by atoms with Gasteiger partial charge in [-0.1, -0.05) is 12.5 Å². The Morgan fingerprint density at radius 2 is 2.00 bits per heavy atom. The van der Waals surface area contributed by atoms with E-state index in [2.05, 4.69) is 41.4 Å². The molecule has 2 heterocycles. The standard InChI is InChI=1S/C14H23N3/c1-11-6-4-9-14(16-11)10-15-17-12(2)7-5-8-13(17)3/h4,6,9,12-13,15H,5,7-8,10H2,1-3H3. The molecule has 1 aliphatic heterocycles. The smallest absolute Gasteiger partial charge is 0.0559 e. The van der Waals surface area contributed by atoms with Crippen molar-refractivity contribution < 1.29 is 0 Å². The van der Waals surface area contributed by atoms with E-state index in [-0.39, 0.29) is 0 Å². The molecule has 3 nitrogen and oxygen atoms in total. The Labute approximate surface area is 104 Å². The van der Waals surface area contributed by atoms with Gasteiger partial charge in [0.2, 0.25) is 0 Å². The van der Waals surface area contributed by atoms with Crippen LogP contribution in [-0.2, 0) is 6.54 Å². The summed E-state index contributed by atoms with van der Waals surface area (Å²) in [6, 6.07) is 7.45. The average molecular weight is 233 g/mol. The summed E-state index contributed by atoms with van der Waals surface area (Å²) in [5.74, 6) is 0. The van der Waals surface area contributed by atoms with Gasteiger partial charge in [0.05, 0.1) is 12.2 Å². The van der Waals surface area contributed by atoms with E-state index < -0.39 is 0 Å². The maximum absolute atomic E-state index is 4.52. The fourth-order valence-electron chi connectivity index (χ4n) is 2.60. The van der Waals surface area contributed by atoms with Crippen LogP contribution in [0, 0.1) is 6.92 Å². The highest BCUT2D eigenvalue weighted by Gasteiger charge is 2.24. The van der Waals surface area contributed by atoms with Gasteiger partial charge < -0.3 is 0 Å². The van der Waals surface area contributed by atoms with E-state index in [0.717, 1.165) is 17.9 Å². The van der Waals surface area contributed by atoms with Gasteiger partial charge in [0.15, 0.2) is 0 Å². The van der Waals surface area contributed by atoms with Crippen molar-refractivity contribution in [2.75, 3.05) is 0 Å². The van der Waals surface area contributed by atoms with Crippen LogP contribution < -0.4 is 5.43 Å². The minimum Gasteiger partial charge on any atom is -0.257 e. The van der Waals surface area contributed by atoms with Gasteiger partial charge in [-0.25, -0.2) is 10.4 Å². The minimum absolute atomic E-state index is 0.628. The molecule has 94 valence electrons. The Morgan fingerprint density at radius 3 is 2.65 bits per heavy atom. The zero-order chi connectivity index (χ0) is 12.3. The van der Waals surface area contributed by atoms with Gasteiger partial charge >= 0.3 is 0 Å². The number of aromatic nitrogens is 1. The van der Waals surface area contributed by atoms with E-state index in [4.69, 9.17) is 0 Å². The predicted molar refractivity (Wildman–Crippen MR) is 70.4 cm³/mol. The minimum atomic E-state index is 0.628. The third kappa shape index (κ3) is 3.27. The molecule has 0 radical (unpaired) electrons. The zero-order valence-electron chi connectivity index (χ0n) is 11.1. The zero-order valence-corrected chi connectivity index (χ0v) is 11.1. The fraction of sp³-hybridized carbons (Fsp3) is 0.643. The Morgan fingerprint density at radius 1 is 1.29 bits per heavy atom. The van der Waals surface area contributed by atoms with E-state index in [1.165, 1.54) is 19.3 Å². The number of piperidine rings is 1. The van der Waals surface area contributed by atoms with Gasteiger partial charge in [0.25, 0.3) is 0 Å². The molecule has 2 rings (SSSR count). The SMILES string of the molecule is Cc1cccc(CNN2C(C)CCCC2C)n1. The summed E-state index contributed by atoms with van der Waals surface area (Å²) in [5, 5.41) is 2.40. The molecule has 1 aliphatic rings. The summed E-state index contributed by atoms with van der Waals surface area (Å²) in [6.07, 6.45) is 3.93. The molecular weight excluding hydrogens is 210 g/mol. The van der Waals surface area contributed by atoms with Gasteiger partial charge in [-0.2, -0.15) is 0 Å². The van der Waals surface area contributed by atoms with E-state index in [1.807, 2.05) is 13.0 Å². The second-order valence-electron chi connectivity index (χ2n) is 5.14. The topological polar surface area (TPSA) is 28.2 Å². The number of pyridine rings is 1. The van der Waals surface area contributed by atoms with Gasteiger partial charge in [0.1, 0.15) is 0 Å². The molecule has 17 heavy (non-hydrogen) atoms. The van der Waals surface area contributed by atoms with Gasteiger partial charge in [0, 0.05) is 17.8 Å². The molecule has 1 aromatic rings. The second-order valence-corrected chi connectivity index (χ2v) is 5.14. The molecule has 1 saturated heterocycles. The lowest BCUT2D eigenvalue weighted by atomic mass is 10.00. The number of hydrazine groups is 1. The molecule has 1 aromatic heterocycles. The summed E-state index contributed by atoms with van der Waals surface area (Å²) in [4.78, 5) is 4.52. The first-order valence-corrected chi connectivity index (χ1v) is 6.61. The van der Waals surface area contributed by atoms with Crippen LogP contribution in [0.3, 0.4) is 0 Å². The quantitative estimate of drug-likeness (QED) is 0.870. The molecule has 1 fully saturated rings. The first-order chi connectivity index (χ1) is 8.16. The van der Waals surface area contributed by atoms with Crippen LogP contribution in [0.25, 0.3) is 0 Å². The van der Waals surface area contributed by atoms with Crippen molar-refractivity contribution in [1.82, 2.24) is 15.4 Å². The number of hydrogen-bond acceptors (Lipinski definition) is 3. The number of nitrogens with zero attached hydrogens (tertiary/aromatic N) is 2. The molecule has 2 atom stereocenters. The van der Waals surface area contributed by atoms with Crippen LogP contribution >= 0.6 is 0 Å². The highest BCUT2D eigenvalue weighted by atomic mass is 15.5. The maximum Gasteiger partial charge on any atom is 0.0559 e. The van der Waals surface area contributed by atoms with Crippen LogP contribution in [0.15, 0.2) is 18.2 Å². The van der Waals surface area contributed by atoms with Crippen molar-refractivity contribution in [2.45, 2.75) is 58.7 Å². The highest BCUT2D eigenvalue weighted by molar-refractivity contribution is 5.09. The lowest BCUT2D eigenvalue weighted by Crippen LogP contribution is -2.51. The highest BCUT2D eigenvalue weighted by Crippen LogP contribution is 2.20. The first-order valence-electron chi connectivity index (χ1n) is 6.61. The summed E-state index contributed by atoms with van der Waals surface area (Å²) >= 11 is 0. The van der Waals surface area contributed by atoms with Crippen molar-refractivity contribution in [2.24, 2.45) is 0 Å². The molecule has 0 bridgehead atoms.